The van der Waals surface area contributed by atoms with Gasteiger partial charge in [0.25, 0.3) is 0 Å². The Morgan fingerprint density at radius 3 is 2.39 bits per heavy atom. The number of hydrogen-bond acceptors (Lipinski definition) is 11. The van der Waals surface area contributed by atoms with E-state index in [9.17, 15) is 23.2 Å². The molecule has 12 nitrogen and oxygen atoms in total. The number of nitriles is 1. The molecule has 3 aliphatic rings. The van der Waals surface area contributed by atoms with Crippen molar-refractivity contribution in [3.05, 3.63) is 54.4 Å². The van der Waals surface area contributed by atoms with Gasteiger partial charge in [-0.3, -0.25) is 4.90 Å². The Hall–Kier alpha value is -4.68. The van der Waals surface area contributed by atoms with Crippen LogP contribution in [-0.2, 0) is 9.47 Å². The van der Waals surface area contributed by atoms with E-state index in [1.165, 1.54) is 18.5 Å². The molecule has 0 radical (unpaired) electrons. The van der Waals surface area contributed by atoms with Gasteiger partial charge in [0.1, 0.15) is 35.8 Å². The lowest BCUT2D eigenvalue weighted by atomic mass is 9.94. The van der Waals surface area contributed by atoms with Crippen LogP contribution >= 0.6 is 0 Å². The van der Waals surface area contributed by atoms with Crippen LogP contribution in [0.15, 0.2) is 48.8 Å². The molecule has 3 aliphatic heterocycles. The molecular weight excluding hydrogens is 641 g/mol. The number of halogens is 3. The van der Waals surface area contributed by atoms with Crippen molar-refractivity contribution in [2.75, 3.05) is 62.7 Å². The van der Waals surface area contributed by atoms with E-state index in [0.29, 0.717) is 11.6 Å². The van der Waals surface area contributed by atoms with Crippen LogP contribution in [-0.4, -0.2) is 107 Å². The van der Waals surface area contributed by atoms with E-state index in [0.717, 1.165) is 55.7 Å². The minimum Gasteiger partial charge on any atom is -0.488 e. The average Bonchev–Trinajstić information content (AvgIpc) is 3.04. The van der Waals surface area contributed by atoms with Crippen molar-refractivity contribution < 1.29 is 32.2 Å². The zero-order chi connectivity index (χ0) is 34.8. The van der Waals surface area contributed by atoms with E-state index in [2.05, 4.69) is 42.2 Å². The number of anilines is 3. The van der Waals surface area contributed by atoms with Crippen molar-refractivity contribution in [1.29, 1.82) is 5.26 Å². The fourth-order valence-electron chi connectivity index (χ4n) is 6.06. The summed E-state index contributed by atoms with van der Waals surface area (Å²) in [6.07, 6.45) is -5.51. The SMILES string of the molecule is CC(C)(C)OC(=O)N1CCC(Oc2ccc(-c3ncnc(Nc4ccc(N5CCN(C6COC6)CC5)cc4)n3)cc2C#N)C(C(F)(F)F)C1. The summed E-state index contributed by atoms with van der Waals surface area (Å²) in [6.45, 7) is 9.91. The zero-order valence-corrected chi connectivity index (χ0v) is 27.6. The number of benzene rings is 2. The van der Waals surface area contributed by atoms with Gasteiger partial charge in [-0.15, -0.1) is 0 Å². The maximum absolute atomic E-state index is 14.1. The van der Waals surface area contributed by atoms with Gasteiger partial charge in [-0.2, -0.15) is 23.4 Å². The number of piperidine rings is 1. The molecule has 4 heterocycles. The van der Waals surface area contributed by atoms with Crippen LogP contribution in [0.1, 0.15) is 32.8 Å². The van der Waals surface area contributed by atoms with Crippen LogP contribution in [0.4, 0.5) is 35.3 Å². The normalized spacial score (nSPS) is 20.7. The second-order valence-corrected chi connectivity index (χ2v) is 13.4. The van der Waals surface area contributed by atoms with Crippen molar-refractivity contribution in [1.82, 2.24) is 24.8 Å². The van der Waals surface area contributed by atoms with Crippen molar-refractivity contribution in [2.24, 2.45) is 5.92 Å². The summed E-state index contributed by atoms with van der Waals surface area (Å²) >= 11 is 0. The number of amides is 1. The Morgan fingerprint density at radius 2 is 1.76 bits per heavy atom. The van der Waals surface area contributed by atoms with Gasteiger partial charge in [-0.05, 0) is 63.2 Å². The van der Waals surface area contributed by atoms with Crippen molar-refractivity contribution in [3.63, 3.8) is 0 Å². The van der Waals surface area contributed by atoms with Gasteiger partial charge in [0.2, 0.25) is 5.95 Å². The number of hydrogen-bond donors (Lipinski definition) is 1. The third-order valence-electron chi connectivity index (χ3n) is 8.77. The van der Waals surface area contributed by atoms with Crippen LogP contribution in [0.3, 0.4) is 0 Å². The molecule has 6 rings (SSSR count). The predicted molar refractivity (Wildman–Crippen MR) is 174 cm³/mol. The largest absolute Gasteiger partial charge is 0.488 e. The molecule has 2 unspecified atom stereocenters. The molecule has 3 saturated heterocycles. The summed E-state index contributed by atoms with van der Waals surface area (Å²) in [5.41, 5.74) is 1.56. The number of rotatable bonds is 7. The molecule has 2 aromatic carbocycles. The van der Waals surface area contributed by atoms with Gasteiger partial charge in [0.05, 0.1) is 24.8 Å². The number of piperazine rings is 1. The Balaban J connectivity index is 1.10. The monoisotopic (exact) mass is 680 g/mol. The van der Waals surface area contributed by atoms with E-state index in [-0.39, 0.29) is 36.1 Å². The third kappa shape index (κ3) is 8.31. The molecule has 1 aromatic heterocycles. The molecule has 15 heteroatoms. The second-order valence-electron chi connectivity index (χ2n) is 13.4. The topological polar surface area (TPSA) is 129 Å². The lowest BCUT2D eigenvalue weighted by Crippen LogP contribution is -2.56. The Kier molecular flexibility index (Phi) is 9.80. The minimum absolute atomic E-state index is 0.00202. The van der Waals surface area contributed by atoms with E-state index in [1.54, 1.807) is 26.8 Å². The van der Waals surface area contributed by atoms with Crippen LogP contribution in [0.2, 0.25) is 0 Å². The Morgan fingerprint density at radius 1 is 1.02 bits per heavy atom. The quantitative estimate of drug-likeness (QED) is 0.352. The first-order chi connectivity index (χ1) is 23.4. The molecule has 49 heavy (non-hydrogen) atoms. The van der Waals surface area contributed by atoms with Gasteiger partial charge < -0.3 is 29.3 Å². The number of carbonyl (C=O) groups excluding carboxylic acids is 1. The third-order valence-corrected chi connectivity index (χ3v) is 8.77. The van der Waals surface area contributed by atoms with Gasteiger partial charge in [-0.25, -0.2) is 14.8 Å². The minimum atomic E-state index is -4.65. The van der Waals surface area contributed by atoms with Crippen LogP contribution in [0.25, 0.3) is 11.4 Å². The predicted octanol–water partition coefficient (Wildman–Crippen LogP) is 5.24. The number of carbonyl (C=O) groups is 1. The second kappa shape index (κ2) is 14.0. The number of nitrogens with one attached hydrogen (secondary N) is 1. The van der Waals surface area contributed by atoms with E-state index in [4.69, 9.17) is 14.2 Å². The van der Waals surface area contributed by atoms with Crippen LogP contribution in [0, 0.1) is 17.2 Å². The molecule has 0 spiro atoms. The van der Waals surface area contributed by atoms with Gasteiger partial charge >= 0.3 is 12.3 Å². The summed E-state index contributed by atoms with van der Waals surface area (Å²) < 4.78 is 58.8. The first-order valence-electron chi connectivity index (χ1n) is 16.2. The van der Waals surface area contributed by atoms with Crippen molar-refractivity contribution in [2.45, 2.75) is 51.1 Å². The molecule has 3 aromatic rings. The van der Waals surface area contributed by atoms with Crippen LogP contribution in [0.5, 0.6) is 5.75 Å². The molecule has 2 atom stereocenters. The highest BCUT2D eigenvalue weighted by molar-refractivity contribution is 5.68. The van der Waals surface area contributed by atoms with E-state index < -0.39 is 36.4 Å². The molecule has 1 amide bonds. The molecule has 0 saturated carbocycles. The van der Waals surface area contributed by atoms with E-state index >= 15 is 0 Å². The summed E-state index contributed by atoms with van der Waals surface area (Å²) in [7, 11) is 0. The number of likely N-dealkylation sites (tertiary alicyclic amines) is 1. The molecule has 0 aliphatic carbocycles. The smallest absolute Gasteiger partial charge is 0.410 e. The number of nitrogens with zero attached hydrogens (tertiary/aromatic N) is 7. The summed E-state index contributed by atoms with van der Waals surface area (Å²) in [6, 6.07) is 15.1. The molecule has 3 fully saturated rings. The highest BCUT2D eigenvalue weighted by atomic mass is 19.4. The standard InChI is InChI=1S/C34H39F3N8O4/c1-33(2,3)49-32(46)45-11-10-29(27(18-45)34(35,36)37)48-28-9-4-22(16-23(28)17-38)30-39-21-40-31(42-30)41-24-5-7-25(8-6-24)43-12-14-44(15-13-43)26-19-47-20-26/h4-9,16,21,26-27,29H,10-15,18-20H2,1-3H3,(H,39,40,41,42). The number of alkyl halides is 3. The number of aromatic nitrogens is 3. The zero-order valence-electron chi connectivity index (χ0n) is 27.6. The summed E-state index contributed by atoms with van der Waals surface area (Å²) in [5.74, 6) is -1.41. The first-order valence-corrected chi connectivity index (χ1v) is 16.2. The lowest BCUT2D eigenvalue weighted by Gasteiger charge is -2.43. The van der Waals surface area contributed by atoms with Crippen molar-refractivity contribution >= 4 is 23.4 Å². The maximum Gasteiger partial charge on any atom is 0.410 e. The highest BCUT2D eigenvalue weighted by Crippen LogP contribution is 2.37. The summed E-state index contributed by atoms with van der Waals surface area (Å²) in [4.78, 5) is 31.3. The fraction of sp³-hybridized carbons (Fsp3) is 0.500. The molecule has 260 valence electrons. The first kappa shape index (κ1) is 34.2. The molecule has 1 N–H and O–H groups in total. The van der Waals surface area contributed by atoms with Crippen LogP contribution < -0.4 is 15.0 Å². The maximum atomic E-state index is 14.1. The molecular formula is C34H39F3N8O4. The fourth-order valence-corrected chi connectivity index (χ4v) is 6.06. The molecule has 0 bridgehead atoms. The highest BCUT2D eigenvalue weighted by Gasteiger charge is 2.50. The Labute approximate surface area is 282 Å². The van der Waals surface area contributed by atoms with Crippen molar-refractivity contribution in [3.8, 4) is 23.2 Å². The number of ether oxygens (including phenoxy) is 3. The summed E-state index contributed by atoms with van der Waals surface area (Å²) in [5, 5.41) is 13.1. The lowest BCUT2D eigenvalue weighted by molar-refractivity contribution is -0.208. The average molecular weight is 681 g/mol. The van der Waals surface area contributed by atoms with E-state index in [1.807, 2.05) is 18.2 Å². The van der Waals surface area contributed by atoms with Gasteiger partial charge in [-0.1, -0.05) is 0 Å². The van der Waals surface area contributed by atoms with Gasteiger partial charge in [0, 0.05) is 62.6 Å². The van der Waals surface area contributed by atoms with Gasteiger partial charge in [0.15, 0.2) is 5.82 Å². The Bertz CT molecular complexity index is 1670.